The maximum Gasteiger partial charge on any atom is 0.317 e. The van der Waals surface area contributed by atoms with Crippen molar-refractivity contribution in [3.8, 4) is 11.5 Å². The molecule has 2 atom stereocenters. The Kier molecular flexibility index (Phi) is 5.28. The van der Waals surface area contributed by atoms with Crippen LogP contribution < -0.4 is 14.8 Å². The number of allylic oxidation sites excluding steroid dienone is 2. The van der Waals surface area contributed by atoms with E-state index in [1.807, 2.05) is 23.1 Å². The van der Waals surface area contributed by atoms with Gasteiger partial charge < -0.3 is 19.7 Å². The summed E-state index contributed by atoms with van der Waals surface area (Å²) in [6, 6.07) is 5.92. The van der Waals surface area contributed by atoms with Gasteiger partial charge in [-0.05, 0) is 48.8 Å². The molecular weight excluding hydrogens is 304 g/mol. The number of urea groups is 1. The third kappa shape index (κ3) is 3.66. The molecule has 24 heavy (non-hydrogen) atoms. The lowest BCUT2D eigenvalue weighted by Crippen LogP contribution is -2.39. The minimum absolute atomic E-state index is 0.0601. The lowest BCUT2D eigenvalue weighted by Gasteiger charge is -2.17. The molecule has 130 valence electrons. The quantitative estimate of drug-likeness (QED) is 0.845. The van der Waals surface area contributed by atoms with Crippen LogP contribution in [-0.2, 0) is 6.42 Å². The van der Waals surface area contributed by atoms with Gasteiger partial charge in [0.05, 0.1) is 14.2 Å². The van der Waals surface area contributed by atoms with Crippen molar-refractivity contribution in [2.24, 2.45) is 11.8 Å². The number of benzene rings is 1. The largest absolute Gasteiger partial charge is 0.493 e. The van der Waals surface area contributed by atoms with E-state index in [-0.39, 0.29) is 6.03 Å². The van der Waals surface area contributed by atoms with Gasteiger partial charge in [-0.1, -0.05) is 18.2 Å². The van der Waals surface area contributed by atoms with Crippen molar-refractivity contribution in [1.29, 1.82) is 0 Å². The number of nitrogens with zero attached hydrogens (tertiary/aromatic N) is 1. The number of carbonyl (C=O) groups excluding carboxylic acids is 1. The van der Waals surface area contributed by atoms with E-state index in [0.29, 0.717) is 18.4 Å². The lowest BCUT2D eigenvalue weighted by molar-refractivity contribution is 0.206. The van der Waals surface area contributed by atoms with Crippen molar-refractivity contribution in [2.45, 2.75) is 19.3 Å². The van der Waals surface area contributed by atoms with Crippen LogP contribution in [-0.4, -0.2) is 44.8 Å². The van der Waals surface area contributed by atoms with Crippen LogP contribution in [0.2, 0.25) is 0 Å². The second-order valence-electron chi connectivity index (χ2n) is 6.54. The van der Waals surface area contributed by atoms with Crippen LogP contribution in [0.5, 0.6) is 11.5 Å². The Morgan fingerprint density at radius 1 is 1.12 bits per heavy atom. The Morgan fingerprint density at radius 3 is 2.42 bits per heavy atom. The highest BCUT2D eigenvalue weighted by atomic mass is 16.5. The Morgan fingerprint density at radius 2 is 1.79 bits per heavy atom. The van der Waals surface area contributed by atoms with Gasteiger partial charge in [0.15, 0.2) is 11.5 Å². The Balaban J connectivity index is 1.47. The van der Waals surface area contributed by atoms with E-state index >= 15 is 0 Å². The van der Waals surface area contributed by atoms with Gasteiger partial charge in [-0.3, -0.25) is 0 Å². The fourth-order valence-corrected chi connectivity index (χ4v) is 3.64. The van der Waals surface area contributed by atoms with Gasteiger partial charge in [-0.25, -0.2) is 4.79 Å². The van der Waals surface area contributed by atoms with Gasteiger partial charge in [0, 0.05) is 19.6 Å². The predicted molar refractivity (Wildman–Crippen MR) is 93.6 cm³/mol. The summed E-state index contributed by atoms with van der Waals surface area (Å²) in [5, 5.41) is 3.04. The summed E-state index contributed by atoms with van der Waals surface area (Å²) in [5.74, 6) is 2.73. The molecular formula is C19H26N2O3. The van der Waals surface area contributed by atoms with E-state index < -0.39 is 0 Å². The van der Waals surface area contributed by atoms with Crippen LogP contribution in [0.15, 0.2) is 30.4 Å². The van der Waals surface area contributed by atoms with E-state index in [1.165, 1.54) is 0 Å². The minimum atomic E-state index is 0.0601. The third-order valence-corrected chi connectivity index (χ3v) is 5.05. The molecule has 0 aromatic heterocycles. The lowest BCUT2D eigenvalue weighted by atomic mass is 9.86. The first kappa shape index (κ1) is 16.7. The molecule has 2 amide bonds. The van der Waals surface area contributed by atoms with Crippen LogP contribution in [0, 0.1) is 11.8 Å². The third-order valence-electron chi connectivity index (χ3n) is 5.05. The SMILES string of the molecule is COc1ccc(CCNC(=O)N2CC3CC=CCC3C2)cc1OC. The second kappa shape index (κ2) is 7.60. The van der Waals surface area contributed by atoms with E-state index in [9.17, 15) is 4.79 Å². The fraction of sp³-hybridized carbons (Fsp3) is 0.526. The molecule has 1 aliphatic carbocycles. The number of rotatable bonds is 5. The normalized spacial score (nSPS) is 22.2. The van der Waals surface area contributed by atoms with E-state index in [2.05, 4.69) is 17.5 Å². The first-order chi connectivity index (χ1) is 11.7. The maximum absolute atomic E-state index is 12.4. The Hall–Kier alpha value is -2.17. The number of methoxy groups -OCH3 is 2. The fourth-order valence-electron chi connectivity index (χ4n) is 3.64. The number of likely N-dealkylation sites (tertiary alicyclic amines) is 1. The first-order valence-electron chi connectivity index (χ1n) is 8.60. The van der Waals surface area contributed by atoms with Gasteiger partial charge in [-0.15, -0.1) is 0 Å². The number of fused-ring (bicyclic) bond motifs is 1. The van der Waals surface area contributed by atoms with Crippen molar-refractivity contribution in [2.75, 3.05) is 33.9 Å². The van der Waals surface area contributed by atoms with Crippen molar-refractivity contribution in [3.63, 3.8) is 0 Å². The molecule has 1 saturated heterocycles. The molecule has 1 fully saturated rings. The van der Waals surface area contributed by atoms with E-state index in [4.69, 9.17) is 9.47 Å². The summed E-state index contributed by atoms with van der Waals surface area (Å²) < 4.78 is 10.6. The van der Waals surface area contributed by atoms with Crippen molar-refractivity contribution in [1.82, 2.24) is 10.2 Å². The van der Waals surface area contributed by atoms with Crippen LogP contribution in [0.1, 0.15) is 18.4 Å². The molecule has 0 bridgehead atoms. The van der Waals surface area contributed by atoms with Crippen LogP contribution in [0.4, 0.5) is 4.79 Å². The van der Waals surface area contributed by atoms with E-state index in [0.717, 1.165) is 49.4 Å². The van der Waals surface area contributed by atoms with Crippen molar-refractivity contribution < 1.29 is 14.3 Å². The molecule has 0 spiro atoms. The molecule has 0 saturated carbocycles. The van der Waals surface area contributed by atoms with Crippen molar-refractivity contribution >= 4 is 6.03 Å². The number of carbonyl (C=O) groups is 1. The van der Waals surface area contributed by atoms with Gasteiger partial charge in [0.2, 0.25) is 0 Å². The van der Waals surface area contributed by atoms with Crippen molar-refractivity contribution in [3.05, 3.63) is 35.9 Å². The summed E-state index contributed by atoms with van der Waals surface area (Å²) in [6.45, 7) is 2.40. The summed E-state index contributed by atoms with van der Waals surface area (Å²) in [5.41, 5.74) is 1.12. The predicted octanol–water partition coefficient (Wildman–Crippen LogP) is 2.85. The smallest absolute Gasteiger partial charge is 0.317 e. The zero-order valence-corrected chi connectivity index (χ0v) is 14.5. The van der Waals surface area contributed by atoms with Crippen LogP contribution >= 0.6 is 0 Å². The molecule has 2 aliphatic rings. The zero-order chi connectivity index (χ0) is 16.9. The number of hydrogen-bond acceptors (Lipinski definition) is 3. The Labute approximate surface area is 143 Å². The molecule has 1 N–H and O–H groups in total. The van der Waals surface area contributed by atoms with Crippen LogP contribution in [0.3, 0.4) is 0 Å². The van der Waals surface area contributed by atoms with Crippen LogP contribution in [0.25, 0.3) is 0 Å². The summed E-state index contributed by atoms with van der Waals surface area (Å²) in [4.78, 5) is 14.3. The zero-order valence-electron chi connectivity index (χ0n) is 14.5. The summed E-state index contributed by atoms with van der Waals surface area (Å²) in [6.07, 6.45) is 7.49. The highest BCUT2D eigenvalue weighted by Crippen LogP contribution is 2.32. The molecule has 2 unspecified atom stereocenters. The molecule has 5 nitrogen and oxygen atoms in total. The van der Waals surface area contributed by atoms with E-state index in [1.54, 1.807) is 14.2 Å². The highest BCUT2D eigenvalue weighted by molar-refractivity contribution is 5.74. The van der Waals surface area contributed by atoms with Gasteiger partial charge in [0.1, 0.15) is 0 Å². The summed E-state index contributed by atoms with van der Waals surface area (Å²) >= 11 is 0. The number of nitrogens with one attached hydrogen (secondary N) is 1. The summed E-state index contributed by atoms with van der Waals surface area (Å²) in [7, 11) is 3.26. The highest BCUT2D eigenvalue weighted by Gasteiger charge is 2.34. The average molecular weight is 330 g/mol. The first-order valence-corrected chi connectivity index (χ1v) is 8.60. The second-order valence-corrected chi connectivity index (χ2v) is 6.54. The molecule has 0 radical (unpaired) electrons. The van der Waals surface area contributed by atoms with Gasteiger partial charge in [0.25, 0.3) is 0 Å². The van der Waals surface area contributed by atoms with Gasteiger partial charge >= 0.3 is 6.03 Å². The monoisotopic (exact) mass is 330 g/mol. The minimum Gasteiger partial charge on any atom is -0.493 e. The molecule has 1 heterocycles. The standard InChI is InChI=1S/C19H26N2O3/c1-23-17-8-7-14(11-18(17)24-2)9-10-20-19(22)21-12-15-5-3-4-6-16(15)13-21/h3-4,7-8,11,15-16H,5-6,9-10,12-13H2,1-2H3,(H,20,22). The molecule has 1 aromatic carbocycles. The average Bonchev–Trinajstić information content (AvgIpc) is 3.05. The number of amides is 2. The molecule has 1 aromatic rings. The molecule has 1 aliphatic heterocycles. The topological polar surface area (TPSA) is 50.8 Å². The molecule has 5 heteroatoms. The maximum atomic E-state index is 12.4. The number of hydrogen-bond donors (Lipinski definition) is 1. The molecule has 3 rings (SSSR count). The van der Waals surface area contributed by atoms with Gasteiger partial charge in [-0.2, -0.15) is 0 Å². The number of ether oxygens (including phenoxy) is 2. The Bertz CT molecular complexity index is 599.